The van der Waals surface area contributed by atoms with Gasteiger partial charge < -0.3 is 18.8 Å². The number of phenols is 1. The quantitative estimate of drug-likeness (QED) is 0.557. The highest BCUT2D eigenvalue weighted by molar-refractivity contribution is 6.06. The number of benzene rings is 2. The maximum absolute atomic E-state index is 11.6. The van der Waals surface area contributed by atoms with Gasteiger partial charge in [0.15, 0.2) is 11.5 Å². The smallest absolute Gasteiger partial charge is 0.341 e. The van der Waals surface area contributed by atoms with E-state index in [4.69, 9.17) is 4.42 Å². The SMILES string of the molecule is COC(=O)c1ccc(-n2cc(C#N)c3c4oc(C)nc4ccc32)cc1O. The Bertz CT molecular complexity index is 1230. The van der Waals surface area contributed by atoms with E-state index in [1.165, 1.54) is 19.2 Å². The normalized spacial score (nSPS) is 11.0. The third-order valence-corrected chi connectivity index (χ3v) is 4.21. The minimum Gasteiger partial charge on any atom is -0.507 e. The number of hydrogen-bond acceptors (Lipinski definition) is 6. The Morgan fingerprint density at radius 2 is 2.15 bits per heavy atom. The van der Waals surface area contributed by atoms with Crippen LogP contribution in [-0.4, -0.2) is 27.7 Å². The molecule has 0 spiro atoms. The molecule has 128 valence electrons. The predicted octanol–water partition coefficient (Wildman–Crippen LogP) is 3.44. The van der Waals surface area contributed by atoms with Crippen molar-refractivity contribution < 1.29 is 19.1 Å². The first-order valence-electron chi connectivity index (χ1n) is 7.76. The van der Waals surface area contributed by atoms with Gasteiger partial charge >= 0.3 is 5.97 Å². The van der Waals surface area contributed by atoms with Gasteiger partial charge in [0.1, 0.15) is 22.9 Å². The maximum atomic E-state index is 11.6. The second kappa shape index (κ2) is 5.63. The van der Waals surface area contributed by atoms with Gasteiger partial charge in [-0.15, -0.1) is 0 Å². The average Bonchev–Trinajstić information content (AvgIpc) is 3.20. The van der Waals surface area contributed by atoms with E-state index in [2.05, 4.69) is 15.8 Å². The van der Waals surface area contributed by atoms with Crippen LogP contribution in [0.25, 0.3) is 27.7 Å². The van der Waals surface area contributed by atoms with Crippen LogP contribution in [0.4, 0.5) is 0 Å². The van der Waals surface area contributed by atoms with Crippen LogP contribution in [0, 0.1) is 18.3 Å². The molecule has 0 aliphatic heterocycles. The van der Waals surface area contributed by atoms with Crippen molar-refractivity contribution in [2.24, 2.45) is 0 Å². The fourth-order valence-corrected chi connectivity index (χ4v) is 3.07. The summed E-state index contributed by atoms with van der Waals surface area (Å²) in [7, 11) is 1.25. The van der Waals surface area contributed by atoms with Gasteiger partial charge in [-0.05, 0) is 24.3 Å². The van der Waals surface area contributed by atoms with Gasteiger partial charge in [-0.2, -0.15) is 5.26 Å². The van der Waals surface area contributed by atoms with Gasteiger partial charge in [-0.3, -0.25) is 0 Å². The zero-order chi connectivity index (χ0) is 18.4. The number of methoxy groups -OCH3 is 1. The summed E-state index contributed by atoms with van der Waals surface area (Å²) in [6, 6.07) is 10.4. The molecule has 0 saturated heterocycles. The second-order valence-electron chi connectivity index (χ2n) is 5.76. The third-order valence-electron chi connectivity index (χ3n) is 4.21. The van der Waals surface area contributed by atoms with Gasteiger partial charge in [0.2, 0.25) is 0 Å². The molecule has 7 heteroatoms. The van der Waals surface area contributed by atoms with Crippen LogP contribution in [0.15, 0.2) is 40.9 Å². The number of nitrogens with zero attached hydrogens (tertiary/aromatic N) is 3. The lowest BCUT2D eigenvalue weighted by Crippen LogP contribution is -2.02. The molecule has 26 heavy (non-hydrogen) atoms. The van der Waals surface area contributed by atoms with Gasteiger partial charge in [-0.25, -0.2) is 9.78 Å². The van der Waals surface area contributed by atoms with E-state index in [0.717, 1.165) is 5.52 Å². The van der Waals surface area contributed by atoms with Crippen molar-refractivity contribution >= 4 is 28.0 Å². The molecular formula is C19H13N3O4. The summed E-state index contributed by atoms with van der Waals surface area (Å²) >= 11 is 0. The van der Waals surface area contributed by atoms with Gasteiger partial charge in [-0.1, -0.05) is 0 Å². The molecular weight excluding hydrogens is 334 g/mol. The first-order valence-corrected chi connectivity index (χ1v) is 7.76. The lowest BCUT2D eigenvalue weighted by atomic mass is 10.1. The summed E-state index contributed by atoms with van der Waals surface area (Å²) in [5, 5.41) is 20.3. The first kappa shape index (κ1) is 15.7. The largest absolute Gasteiger partial charge is 0.507 e. The van der Waals surface area contributed by atoms with Crippen LogP contribution >= 0.6 is 0 Å². The number of rotatable bonds is 2. The lowest BCUT2D eigenvalue weighted by molar-refractivity contribution is 0.0597. The number of aromatic hydroxyl groups is 1. The molecule has 2 aromatic heterocycles. The number of carbonyl (C=O) groups excluding carboxylic acids is 1. The molecule has 7 nitrogen and oxygen atoms in total. The fraction of sp³-hybridized carbons (Fsp3) is 0.105. The molecule has 2 heterocycles. The van der Waals surface area contributed by atoms with E-state index >= 15 is 0 Å². The third kappa shape index (κ3) is 2.20. The summed E-state index contributed by atoms with van der Waals surface area (Å²) in [5.41, 5.74) is 3.05. The van der Waals surface area contributed by atoms with E-state index in [0.29, 0.717) is 33.6 Å². The number of esters is 1. The Morgan fingerprint density at radius 1 is 1.35 bits per heavy atom. The lowest BCUT2D eigenvalue weighted by Gasteiger charge is -2.08. The number of oxazole rings is 1. The highest BCUT2D eigenvalue weighted by Gasteiger charge is 2.18. The number of nitriles is 1. The molecule has 0 atom stereocenters. The Kier molecular flexibility index (Phi) is 3.41. The number of hydrogen-bond donors (Lipinski definition) is 1. The minimum absolute atomic E-state index is 0.0708. The molecule has 2 aromatic carbocycles. The van der Waals surface area contributed by atoms with E-state index in [9.17, 15) is 15.2 Å². The number of carbonyl (C=O) groups is 1. The summed E-state index contributed by atoms with van der Waals surface area (Å²) in [4.78, 5) is 15.9. The first-order chi connectivity index (χ1) is 12.5. The van der Waals surface area contributed by atoms with E-state index in [1.807, 2.05) is 12.1 Å². The van der Waals surface area contributed by atoms with Gasteiger partial charge in [0.25, 0.3) is 0 Å². The van der Waals surface area contributed by atoms with Crippen molar-refractivity contribution in [3.63, 3.8) is 0 Å². The summed E-state index contributed by atoms with van der Waals surface area (Å²) in [6.45, 7) is 1.75. The zero-order valence-electron chi connectivity index (χ0n) is 14.0. The van der Waals surface area contributed by atoms with Crippen molar-refractivity contribution in [3.05, 3.63) is 53.5 Å². The summed E-state index contributed by atoms with van der Waals surface area (Å²) in [5.74, 6) is -0.307. The van der Waals surface area contributed by atoms with Crippen molar-refractivity contribution in [2.45, 2.75) is 6.92 Å². The summed E-state index contributed by atoms with van der Waals surface area (Å²) in [6.07, 6.45) is 1.66. The molecule has 0 bridgehead atoms. The van der Waals surface area contributed by atoms with E-state index < -0.39 is 5.97 Å². The number of fused-ring (bicyclic) bond motifs is 3. The molecule has 0 amide bonds. The molecule has 0 radical (unpaired) electrons. The zero-order valence-corrected chi connectivity index (χ0v) is 14.0. The summed E-state index contributed by atoms with van der Waals surface area (Å²) < 4.78 is 12.1. The van der Waals surface area contributed by atoms with Crippen molar-refractivity contribution in [3.8, 4) is 17.5 Å². The van der Waals surface area contributed by atoms with Crippen LogP contribution in [-0.2, 0) is 4.74 Å². The number of aromatic nitrogens is 2. The van der Waals surface area contributed by atoms with Crippen molar-refractivity contribution in [1.82, 2.24) is 9.55 Å². The molecule has 0 aliphatic rings. The monoisotopic (exact) mass is 347 g/mol. The minimum atomic E-state index is -0.622. The molecule has 1 N–H and O–H groups in total. The van der Waals surface area contributed by atoms with Crippen LogP contribution in [0.2, 0.25) is 0 Å². The Labute approximate surface area is 147 Å². The van der Waals surface area contributed by atoms with Gasteiger partial charge in [0.05, 0.1) is 23.6 Å². The highest BCUT2D eigenvalue weighted by Crippen LogP contribution is 2.33. The number of ether oxygens (including phenoxy) is 1. The van der Waals surface area contributed by atoms with Crippen LogP contribution < -0.4 is 0 Å². The Hall–Kier alpha value is -3.79. The number of phenolic OH excluding ortho intramolecular Hbond substituents is 1. The van der Waals surface area contributed by atoms with Crippen molar-refractivity contribution in [1.29, 1.82) is 5.26 Å². The maximum Gasteiger partial charge on any atom is 0.341 e. The Balaban J connectivity index is 1.98. The fourth-order valence-electron chi connectivity index (χ4n) is 3.07. The predicted molar refractivity (Wildman–Crippen MR) is 93.3 cm³/mol. The molecule has 0 saturated carbocycles. The molecule has 0 fully saturated rings. The van der Waals surface area contributed by atoms with Crippen LogP contribution in [0.5, 0.6) is 5.75 Å². The second-order valence-corrected chi connectivity index (χ2v) is 5.76. The number of aryl methyl sites for hydroxylation is 1. The van der Waals surface area contributed by atoms with Crippen LogP contribution in [0.1, 0.15) is 21.8 Å². The highest BCUT2D eigenvalue weighted by atomic mass is 16.5. The molecule has 4 aromatic rings. The van der Waals surface area contributed by atoms with Crippen LogP contribution in [0.3, 0.4) is 0 Å². The average molecular weight is 347 g/mol. The molecule has 4 rings (SSSR count). The Morgan fingerprint density at radius 3 is 2.85 bits per heavy atom. The van der Waals surface area contributed by atoms with E-state index in [-0.39, 0.29) is 11.3 Å². The topological polar surface area (TPSA) is 101 Å². The molecule has 0 aliphatic carbocycles. The van der Waals surface area contributed by atoms with Crippen molar-refractivity contribution in [2.75, 3.05) is 7.11 Å². The molecule has 0 unspecified atom stereocenters. The standard InChI is InChI=1S/C19H13N3O4/c1-10-21-14-5-6-15-17(18(14)26-10)11(8-20)9-22(15)12-3-4-13(16(23)7-12)19(24)25-2/h3-7,9,23H,1-2H3. The van der Waals surface area contributed by atoms with Gasteiger partial charge in [0, 0.05) is 24.9 Å². The van der Waals surface area contributed by atoms with E-state index in [1.54, 1.807) is 23.8 Å².